The minimum atomic E-state index is -0.768. The second-order valence-corrected chi connectivity index (χ2v) is 5.09. The molecule has 0 bridgehead atoms. The lowest BCUT2D eigenvalue weighted by Gasteiger charge is -2.17. The van der Waals surface area contributed by atoms with Crippen molar-refractivity contribution >= 4 is 5.82 Å². The minimum absolute atomic E-state index is 0.0370. The van der Waals surface area contributed by atoms with Crippen molar-refractivity contribution in [3.63, 3.8) is 0 Å². The molecule has 0 aromatic carbocycles. The summed E-state index contributed by atoms with van der Waals surface area (Å²) in [5, 5.41) is 2.81. The van der Waals surface area contributed by atoms with Crippen LogP contribution in [0.1, 0.15) is 40.5 Å². The van der Waals surface area contributed by atoms with E-state index >= 15 is 0 Å². The fourth-order valence-electron chi connectivity index (χ4n) is 1.80. The van der Waals surface area contributed by atoms with Crippen molar-refractivity contribution in [1.29, 1.82) is 0 Å². The maximum absolute atomic E-state index is 13.6. The number of nitrogens with zero attached hydrogens (tertiary/aromatic N) is 1. The van der Waals surface area contributed by atoms with E-state index in [0.717, 1.165) is 18.9 Å². The van der Waals surface area contributed by atoms with E-state index in [1.807, 2.05) is 13.8 Å². The highest BCUT2D eigenvalue weighted by Crippen LogP contribution is 2.23. The van der Waals surface area contributed by atoms with Gasteiger partial charge in [0.25, 0.3) is 5.88 Å². The first kappa shape index (κ1) is 15.7. The van der Waals surface area contributed by atoms with Gasteiger partial charge in [0.15, 0.2) is 17.5 Å². The highest BCUT2D eigenvalue weighted by atomic mass is 19.1. The summed E-state index contributed by atoms with van der Waals surface area (Å²) in [7, 11) is 0. The lowest BCUT2D eigenvalue weighted by Crippen LogP contribution is -2.17. The Morgan fingerprint density at radius 3 is 2.53 bits per heavy atom. The maximum atomic E-state index is 13.6. The number of pyridine rings is 1. The van der Waals surface area contributed by atoms with Crippen molar-refractivity contribution in [2.75, 3.05) is 11.9 Å². The van der Waals surface area contributed by atoms with Gasteiger partial charge in [0.2, 0.25) is 0 Å². The van der Waals surface area contributed by atoms with Crippen molar-refractivity contribution in [2.45, 2.75) is 46.6 Å². The van der Waals surface area contributed by atoms with E-state index in [-0.39, 0.29) is 17.8 Å². The summed E-state index contributed by atoms with van der Waals surface area (Å²) in [6.07, 6.45) is 1.46. The zero-order chi connectivity index (χ0) is 14.4. The standard InChI is InChI=1S/C14H22F2N2O/c1-5-6-17-13-11(15)8-12(16)14(18-13)19-10(4)7-9(2)3/h8-10H,5-7H2,1-4H3,(H,17,18). The first-order valence-corrected chi connectivity index (χ1v) is 6.70. The van der Waals surface area contributed by atoms with Crippen LogP contribution in [0.5, 0.6) is 5.88 Å². The van der Waals surface area contributed by atoms with Crippen LogP contribution >= 0.6 is 0 Å². The Morgan fingerprint density at radius 1 is 1.26 bits per heavy atom. The topological polar surface area (TPSA) is 34.2 Å². The molecule has 0 saturated carbocycles. The Hall–Kier alpha value is -1.39. The van der Waals surface area contributed by atoms with Crippen molar-refractivity contribution < 1.29 is 13.5 Å². The Morgan fingerprint density at radius 2 is 1.95 bits per heavy atom. The van der Waals surface area contributed by atoms with Crippen LogP contribution in [0.15, 0.2) is 6.07 Å². The zero-order valence-electron chi connectivity index (χ0n) is 12.0. The van der Waals surface area contributed by atoms with Gasteiger partial charge in [-0.25, -0.2) is 8.78 Å². The van der Waals surface area contributed by atoms with Gasteiger partial charge >= 0.3 is 0 Å². The normalized spacial score (nSPS) is 12.6. The van der Waals surface area contributed by atoms with Crippen LogP contribution < -0.4 is 10.1 Å². The molecule has 0 radical (unpaired) electrons. The van der Waals surface area contributed by atoms with Crippen LogP contribution in [0.2, 0.25) is 0 Å². The first-order valence-electron chi connectivity index (χ1n) is 6.70. The van der Waals surface area contributed by atoms with Crippen LogP contribution in [0.3, 0.4) is 0 Å². The van der Waals surface area contributed by atoms with Gasteiger partial charge in [0.1, 0.15) is 0 Å². The summed E-state index contributed by atoms with van der Waals surface area (Å²) in [4.78, 5) is 3.87. The smallest absolute Gasteiger partial charge is 0.252 e. The highest BCUT2D eigenvalue weighted by molar-refractivity contribution is 5.39. The van der Waals surface area contributed by atoms with Crippen LogP contribution in [0.25, 0.3) is 0 Å². The number of aromatic nitrogens is 1. The van der Waals surface area contributed by atoms with Crippen molar-refractivity contribution in [3.05, 3.63) is 17.7 Å². The fraction of sp³-hybridized carbons (Fsp3) is 0.643. The molecule has 0 saturated heterocycles. The van der Waals surface area contributed by atoms with Crippen molar-refractivity contribution in [3.8, 4) is 5.88 Å². The average molecular weight is 272 g/mol. The van der Waals surface area contributed by atoms with E-state index in [1.54, 1.807) is 0 Å². The largest absolute Gasteiger partial charge is 0.473 e. The Labute approximate surface area is 113 Å². The van der Waals surface area contributed by atoms with Gasteiger partial charge < -0.3 is 10.1 Å². The van der Waals surface area contributed by atoms with Crippen LogP contribution in [-0.4, -0.2) is 17.6 Å². The van der Waals surface area contributed by atoms with E-state index in [4.69, 9.17) is 4.74 Å². The number of nitrogens with one attached hydrogen (secondary N) is 1. The molecular formula is C14H22F2N2O. The summed E-state index contributed by atoms with van der Waals surface area (Å²) in [5.74, 6) is -1.13. The molecule has 0 amide bonds. The molecule has 1 aromatic heterocycles. The van der Waals surface area contributed by atoms with E-state index < -0.39 is 11.6 Å². The lowest BCUT2D eigenvalue weighted by molar-refractivity contribution is 0.177. The molecule has 1 heterocycles. The highest BCUT2D eigenvalue weighted by Gasteiger charge is 2.15. The monoisotopic (exact) mass is 272 g/mol. The molecule has 1 atom stereocenters. The summed E-state index contributed by atoms with van der Waals surface area (Å²) >= 11 is 0. The molecule has 1 aromatic rings. The SMILES string of the molecule is CCCNc1nc(OC(C)CC(C)C)c(F)cc1F. The Bertz CT molecular complexity index is 411. The third-order valence-corrected chi connectivity index (χ3v) is 2.56. The quantitative estimate of drug-likeness (QED) is 0.814. The third kappa shape index (κ3) is 5.01. The van der Waals surface area contributed by atoms with Crippen LogP contribution in [0, 0.1) is 17.6 Å². The van der Waals surface area contributed by atoms with Gasteiger partial charge in [-0.3, -0.25) is 0 Å². The fourth-order valence-corrected chi connectivity index (χ4v) is 1.80. The van der Waals surface area contributed by atoms with Crippen molar-refractivity contribution in [2.24, 2.45) is 5.92 Å². The van der Waals surface area contributed by atoms with Gasteiger partial charge in [-0.1, -0.05) is 20.8 Å². The Balaban J connectivity index is 2.81. The lowest BCUT2D eigenvalue weighted by atomic mass is 10.1. The van der Waals surface area contributed by atoms with E-state index in [9.17, 15) is 8.78 Å². The molecule has 0 fully saturated rings. The van der Waals surface area contributed by atoms with E-state index in [1.165, 1.54) is 0 Å². The second-order valence-electron chi connectivity index (χ2n) is 5.09. The number of ether oxygens (including phenoxy) is 1. The van der Waals surface area contributed by atoms with Gasteiger partial charge in [-0.2, -0.15) is 4.98 Å². The molecule has 1 N–H and O–H groups in total. The number of hydrogen-bond acceptors (Lipinski definition) is 3. The average Bonchev–Trinajstić information content (AvgIpc) is 2.30. The van der Waals surface area contributed by atoms with Crippen LogP contribution in [-0.2, 0) is 0 Å². The number of hydrogen-bond donors (Lipinski definition) is 1. The van der Waals surface area contributed by atoms with E-state index in [2.05, 4.69) is 24.1 Å². The second kappa shape index (κ2) is 7.26. The molecular weight excluding hydrogens is 250 g/mol. The summed E-state index contributed by atoms with van der Waals surface area (Å²) in [5.41, 5.74) is 0. The van der Waals surface area contributed by atoms with E-state index in [0.29, 0.717) is 12.5 Å². The summed E-state index contributed by atoms with van der Waals surface area (Å²) in [6, 6.07) is 0.808. The van der Waals surface area contributed by atoms with Gasteiger partial charge in [-0.15, -0.1) is 0 Å². The molecule has 0 aliphatic rings. The molecule has 0 spiro atoms. The van der Waals surface area contributed by atoms with Gasteiger partial charge in [-0.05, 0) is 25.7 Å². The summed E-state index contributed by atoms with van der Waals surface area (Å²) < 4.78 is 32.5. The predicted octanol–water partition coefficient (Wildman–Crippen LogP) is 4.00. The molecule has 5 heteroatoms. The molecule has 0 aliphatic heterocycles. The number of halogens is 2. The van der Waals surface area contributed by atoms with Crippen LogP contribution in [0.4, 0.5) is 14.6 Å². The van der Waals surface area contributed by atoms with Crippen molar-refractivity contribution in [1.82, 2.24) is 4.98 Å². The predicted molar refractivity (Wildman–Crippen MR) is 72.5 cm³/mol. The molecule has 108 valence electrons. The maximum Gasteiger partial charge on any atom is 0.252 e. The molecule has 0 aliphatic carbocycles. The third-order valence-electron chi connectivity index (χ3n) is 2.56. The molecule has 1 unspecified atom stereocenters. The minimum Gasteiger partial charge on any atom is -0.473 e. The molecule has 19 heavy (non-hydrogen) atoms. The first-order chi connectivity index (χ1) is 8.93. The molecule has 1 rings (SSSR count). The zero-order valence-corrected chi connectivity index (χ0v) is 12.0. The van der Waals surface area contributed by atoms with Gasteiger partial charge in [0, 0.05) is 12.6 Å². The number of anilines is 1. The summed E-state index contributed by atoms with van der Waals surface area (Å²) in [6.45, 7) is 8.50. The molecule has 3 nitrogen and oxygen atoms in total. The Kier molecular flexibility index (Phi) is 5.99. The van der Waals surface area contributed by atoms with Gasteiger partial charge in [0.05, 0.1) is 6.10 Å². The number of rotatable bonds is 7.